The average Bonchev–Trinajstić information content (AvgIpc) is 3.15. The predicted molar refractivity (Wildman–Crippen MR) is 112 cm³/mol. The molecule has 1 aromatic heterocycles. The molecule has 1 saturated heterocycles. The highest BCUT2D eigenvalue weighted by Gasteiger charge is 2.18. The van der Waals surface area contributed by atoms with E-state index in [4.69, 9.17) is 9.47 Å². The normalized spacial score (nSPS) is 15.1. The maximum atomic E-state index is 12.3. The summed E-state index contributed by atoms with van der Waals surface area (Å²) in [6.07, 6.45) is 3.64. The number of hydrogen-bond acceptors (Lipinski definition) is 7. The van der Waals surface area contributed by atoms with Gasteiger partial charge in [-0.1, -0.05) is 6.07 Å². The maximum Gasteiger partial charge on any atom is 0.234 e. The largest absolute Gasteiger partial charge is 0.493 e. The summed E-state index contributed by atoms with van der Waals surface area (Å²) in [5.74, 6) is 1.49. The Morgan fingerprint density at radius 3 is 2.79 bits per heavy atom. The van der Waals surface area contributed by atoms with E-state index in [1.165, 1.54) is 0 Å². The van der Waals surface area contributed by atoms with Crippen LogP contribution in [0.4, 0.5) is 5.13 Å². The van der Waals surface area contributed by atoms with E-state index in [-0.39, 0.29) is 5.91 Å². The van der Waals surface area contributed by atoms with Gasteiger partial charge in [0.1, 0.15) is 0 Å². The quantitative estimate of drug-likeness (QED) is 0.726. The first-order valence-electron chi connectivity index (χ1n) is 9.54. The second-order valence-corrected chi connectivity index (χ2v) is 7.59. The molecule has 0 bridgehead atoms. The number of aromatic nitrogens is 1. The van der Waals surface area contributed by atoms with E-state index in [1.54, 1.807) is 25.6 Å². The summed E-state index contributed by atoms with van der Waals surface area (Å²) in [5.41, 5.74) is 1.10. The summed E-state index contributed by atoms with van der Waals surface area (Å²) in [4.78, 5) is 21.2. The number of thiazole rings is 1. The highest BCUT2D eigenvalue weighted by atomic mass is 32.1. The number of carbonyl (C=O) groups is 1. The highest BCUT2D eigenvalue weighted by Crippen LogP contribution is 2.27. The monoisotopic (exact) mass is 404 g/mol. The van der Waals surface area contributed by atoms with Gasteiger partial charge in [0.15, 0.2) is 16.6 Å². The minimum atomic E-state index is 0.0724. The fourth-order valence-corrected chi connectivity index (χ4v) is 4.03. The first kappa shape index (κ1) is 20.4. The van der Waals surface area contributed by atoms with Crippen molar-refractivity contribution >= 4 is 22.4 Å². The van der Waals surface area contributed by atoms with Gasteiger partial charge >= 0.3 is 0 Å². The number of benzene rings is 1. The Bertz CT molecular complexity index is 754. The molecule has 0 saturated carbocycles. The third-order valence-corrected chi connectivity index (χ3v) is 5.66. The number of nitrogens with one attached hydrogen (secondary N) is 1. The Labute approximate surface area is 170 Å². The van der Waals surface area contributed by atoms with E-state index < -0.39 is 0 Å². The van der Waals surface area contributed by atoms with Gasteiger partial charge in [-0.05, 0) is 30.5 Å². The van der Waals surface area contributed by atoms with Crippen molar-refractivity contribution in [2.24, 2.45) is 0 Å². The van der Waals surface area contributed by atoms with Crippen molar-refractivity contribution in [1.29, 1.82) is 0 Å². The topological polar surface area (TPSA) is 66.9 Å². The van der Waals surface area contributed by atoms with Crippen LogP contribution in [0.5, 0.6) is 11.5 Å². The summed E-state index contributed by atoms with van der Waals surface area (Å²) < 4.78 is 10.6. The molecule has 2 heterocycles. The SMILES string of the molecule is COc1ccc(CCNC(=O)CN2CCCN(c3nccs3)CC2)cc1OC. The lowest BCUT2D eigenvalue weighted by atomic mass is 10.1. The van der Waals surface area contributed by atoms with Gasteiger partial charge in [0.25, 0.3) is 0 Å². The van der Waals surface area contributed by atoms with Crippen LogP contribution in [-0.4, -0.2) is 69.3 Å². The van der Waals surface area contributed by atoms with Gasteiger partial charge in [-0.2, -0.15) is 0 Å². The van der Waals surface area contributed by atoms with Gasteiger partial charge in [-0.15, -0.1) is 11.3 Å². The molecule has 0 unspecified atom stereocenters. The van der Waals surface area contributed by atoms with Crippen molar-refractivity contribution in [1.82, 2.24) is 15.2 Å². The number of anilines is 1. The van der Waals surface area contributed by atoms with E-state index in [9.17, 15) is 4.79 Å². The molecule has 1 N–H and O–H groups in total. The number of rotatable bonds is 8. The van der Waals surface area contributed by atoms with Crippen LogP contribution in [0.25, 0.3) is 0 Å². The van der Waals surface area contributed by atoms with E-state index in [0.717, 1.165) is 49.7 Å². The van der Waals surface area contributed by atoms with Crippen molar-refractivity contribution in [3.63, 3.8) is 0 Å². The molecule has 0 spiro atoms. The lowest BCUT2D eigenvalue weighted by molar-refractivity contribution is -0.122. The maximum absolute atomic E-state index is 12.3. The molecular weight excluding hydrogens is 376 g/mol. The van der Waals surface area contributed by atoms with Crippen molar-refractivity contribution in [3.05, 3.63) is 35.3 Å². The van der Waals surface area contributed by atoms with Crippen LogP contribution >= 0.6 is 11.3 Å². The van der Waals surface area contributed by atoms with Crippen molar-refractivity contribution in [3.8, 4) is 11.5 Å². The van der Waals surface area contributed by atoms with Gasteiger partial charge < -0.3 is 19.7 Å². The zero-order valence-electron chi connectivity index (χ0n) is 16.5. The third-order valence-electron chi connectivity index (χ3n) is 4.83. The molecule has 0 radical (unpaired) electrons. The molecular formula is C20H28N4O3S. The van der Waals surface area contributed by atoms with Gasteiger partial charge in [0.05, 0.1) is 20.8 Å². The molecule has 7 nitrogen and oxygen atoms in total. The van der Waals surface area contributed by atoms with Crippen LogP contribution in [0.1, 0.15) is 12.0 Å². The van der Waals surface area contributed by atoms with Gasteiger partial charge in [0, 0.05) is 44.3 Å². The van der Waals surface area contributed by atoms with Crippen LogP contribution in [0.2, 0.25) is 0 Å². The zero-order chi connectivity index (χ0) is 19.8. The van der Waals surface area contributed by atoms with Gasteiger partial charge in [0.2, 0.25) is 5.91 Å². The molecule has 2 aromatic rings. The third kappa shape index (κ3) is 5.59. The summed E-state index contributed by atoms with van der Waals surface area (Å²) >= 11 is 1.67. The standard InChI is InChI=1S/C20H28N4O3S/c1-26-17-5-4-16(14-18(17)27-2)6-7-21-19(25)15-23-9-3-10-24(12-11-23)20-22-8-13-28-20/h4-5,8,13-14H,3,6-7,9-12,15H2,1-2H3,(H,21,25). The Morgan fingerprint density at radius 1 is 1.18 bits per heavy atom. The molecule has 1 aliphatic rings. The van der Waals surface area contributed by atoms with Gasteiger partial charge in [-0.25, -0.2) is 4.98 Å². The molecule has 1 fully saturated rings. The Kier molecular flexibility index (Phi) is 7.50. The van der Waals surface area contributed by atoms with Crippen LogP contribution in [0.3, 0.4) is 0 Å². The number of ether oxygens (including phenoxy) is 2. The molecule has 1 amide bonds. The molecule has 3 rings (SSSR count). The first-order valence-corrected chi connectivity index (χ1v) is 10.4. The molecule has 152 valence electrons. The minimum absolute atomic E-state index is 0.0724. The molecule has 1 aromatic carbocycles. The lowest BCUT2D eigenvalue weighted by Gasteiger charge is -2.21. The molecule has 1 aliphatic heterocycles. The summed E-state index contributed by atoms with van der Waals surface area (Å²) in [6.45, 7) is 4.76. The van der Waals surface area contributed by atoms with Crippen LogP contribution in [-0.2, 0) is 11.2 Å². The second-order valence-electron chi connectivity index (χ2n) is 6.72. The average molecular weight is 405 g/mol. The lowest BCUT2D eigenvalue weighted by Crippen LogP contribution is -2.39. The number of methoxy groups -OCH3 is 2. The minimum Gasteiger partial charge on any atom is -0.493 e. The van der Waals surface area contributed by atoms with Crippen LogP contribution < -0.4 is 19.7 Å². The number of amides is 1. The smallest absolute Gasteiger partial charge is 0.234 e. The molecule has 8 heteroatoms. The van der Waals surface area contributed by atoms with Crippen LogP contribution in [0, 0.1) is 0 Å². The number of nitrogens with zero attached hydrogens (tertiary/aromatic N) is 3. The Balaban J connectivity index is 1.41. The fourth-order valence-electron chi connectivity index (χ4n) is 3.33. The highest BCUT2D eigenvalue weighted by molar-refractivity contribution is 7.13. The Morgan fingerprint density at radius 2 is 2.04 bits per heavy atom. The van der Waals surface area contributed by atoms with Crippen molar-refractivity contribution in [2.45, 2.75) is 12.8 Å². The van der Waals surface area contributed by atoms with Gasteiger partial charge in [-0.3, -0.25) is 9.69 Å². The zero-order valence-corrected chi connectivity index (χ0v) is 17.3. The molecule has 0 aliphatic carbocycles. The first-order chi connectivity index (χ1) is 13.7. The van der Waals surface area contributed by atoms with Crippen molar-refractivity contribution in [2.75, 3.05) is 58.4 Å². The van der Waals surface area contributed by atoms with Crippen LogP contribution in [0.15, 0.2) is 29.8 Å². The summed E-state index contributed by atoms with van der Waals surface area (Å²) in [6, 6.07) is 5.84. The molecule has 0 atom stereocenters. The molecule has 28 heavy (non-hydrogen) atoms. The number of hydrogen-bond donors (Lipinski definition) is 1. The van der Waals surface area contributed by atoms with E-state index in [2.05, 4.69) is 20.1 Å². The predicted octanol–water partition coefficient (Wildman–Crippen LogP) is 2.03. The Hall–Kier alpha value is -2.32. The van der Waals surface area contributed by atoms with E-state index >= 15 is 0 Å². The number of carbonyl (C=O) groups excluding carboxylic acids is 1. The fraction of sp³-hybridized carbons (Fsp3) is 0.500. The van der Waals surface area contributed by atoms with E-state index in [0.29, 0.717) is 24.6 Å². The van der Waals surface area contributed by atoms with E-state index in [1.807, 2.05) is 29.8 Å². The summed E-state index contributed by atoms with van der Waals surface area (Å²) in [7, 11) is 3.25. The summed E-state index contributed by atoms with van der Waals surface area (Å²) in [5, 5.41) is 6.10. The van der Waals surface area contributed by atoms with Crippen molar-refractivity contribution < 1.29 is 14.3 Å². The second kappa shape index (κ2) is 10.3.